The minimum atomic E-state index is -0.864. The number of aryl methyl sites for hydroxylation is 2. The van der Waals surface area contributed by atoms with Crippen molar-refractivity contribution in [3.05, 3.63) is 77.2 Å². The van der Waals surface area contributed by atoms with Crippen LogP contribution in [0.15, 0.2) is 54.7 Å². The number of aliphatic hydroxyl groups is 1. The zero-order valence-electron chi connectivity index (χ0n) is 18.3. The van der Waals surface area contributed by atoms with E-state index in [1.165, 1.54) is 0 Å². The summed E-state index contributed by atoms with van der Waals surface area (Å²) >= 11 is 0. The van der Waals surface area contributed by atoms with E-state index in [1.54, 1.807) is 0 Å². The second kappa shape index (κ2) is 8.20. The van der Waals surface area contributed by atoms with E-state index in [4.69, 9.17) is 4.98 Å². The Balaban J connectivity index is 1.51. The van der Waals surface area contributed by atoms with Gasteiger partial charge in [-0.05, 0) is 57.6 Å². The van der Waals surface area contributed by atoms with Gasteiger partial charge in [0.05, 0.1) is 18.3 Å². The highest BCUT2D eigenvalue weighted by molar-refractivity contribution is 5.42. The first-order valence-electron chi connectivity index (χ1n) is 10.5. The lowest BCUT2D eigenvalue weighted by molar-refractivity contribution is -0.0527. The highest BCUT2D eigenvalue weighted by atomic mass is 16.3. The maximum Gasteiger partial charge on any atom is 0.128 e. The molecule has 3 heterocycles. The highest BCUT2D eigenvalue weighted by Crippen LogP contribution is 2.36. The van der Waals surface area contributed by atoms with Gasteiger partial charge in [-0.25, -0.2) is 4.98 Å². The van der Waals surface area contributed by atoms with Crippen LogP contribution in [0.1, 0.15) is 28.9 Å². The first-order valence-corrected chi connectivity index (χ1v) is 10.5. The van der Waals surface area contributed by atoms with E-state index in [0.29, 0.717) is 6.42 Å². The van der Waals surface area contributed by atoms with Crippen LogP contribution in [0.5, 0.6) is 0 Å². The molecule has 0 spiro atoms. The Bertz CT molecular complexity index is 983. The first kappa shape index (κ1) is 20.6. The number of nitrogens with zero attached hydrogens (tertiary/aromatic N) is 5. The predicted molar refractivity (Wildman–Crippen MR) is 120 cm³/mol. The van der Waals surface area contributed by atoms with Gasteiger partial charge < -0.3 is 14.9 Å². The lowest BCUT2D eigenvalue weighted by Gasteiger charge is -2.48. The molecule has 0 aliphatic carbocycles. The van der Waals surface area contributed by atoms with Crippen molar-refractivity contribution in [2.75, 3.05) is 32.1 Å². The van der Waals surface area contributed by atoms with Crippen LogP contribution in [0.2, 0.25) is 0 Å². The predicted octanol–water partition coefficient (Wildman–Crippen LogP) is 2.97. The van der Waals surface area contributed by atoms with Crippen molar-refractivity contribution in [1.29, 1.82) is 0 Å². The third kappa shape index (κ3) is 3.98. The molecule has 30 heavy (non-hydrogen) atoms. The monoisotopic (exact) mass is 405 g/mol. The van der Waals surface area contributed by atoms with Gasteiger partial charge in [-0.15, -0.1) is 0 Å². The number of hydrogen-bond donors (Lipinski definition) is 1. The topological polar surface area (TPSA) is 57.4 Å². The largest absolute Gasteiger partial charge is 0.383 e. The average Bonchev–Trinajstić information content (AvgIpc) is 3.06. The molecule has 158 valence electrons. The van der Waals surface area contributed by atoms with Crippen molar-refractivity contribution in [2.45, 2.75) is 38.5 Å². The van der Waals surface area contributed by atoms with Crippen LogP contribution in [-0.4, -0.2) is 58.0 Å². The second-order valence-corrected chi connectivity index (χ2v) is 8.58. The summed E-state index contributed by atoms with van der Waals surface area (Å²) in [7, 11) is 4.07. The van der Waals surface area contributed by atoms with E-state index in [-0.39, 0.29) is 6.04 Å². The van der Waals surface area contributed by atoms with E-state index in [9.17, 15) is 5.11 Å². The first-order chi connectivity index (χ1) is 14.4. The van der Waals surface area contributed by atoms with E-state index >= 15 is 0 Å². The minimum Gasteiger partial charge on any atom is -0.383 e. The van der Waals surface area contributed by atoms with Crippen LogP contribution < -0.4 is 4.90 Å². The van der Waals surface area contributed by atoms with Crippen molar-refractivity contribution in [1.82, 2.24) is 19.7 Å². The molecule has 1 aromatic carbocycles. The summed E-state index contributed by atoms with van der Waals surface area (Å²) in [5.74, 6) is 0.953. The van der Waals surface area contributed by atoms with E-state index < -0.39 is 5.60 Å². The molecular formula is C24H31N5O. The van der Waals surface area contributed by atoms with Crippen LogP contribution in [0.25, 0.3) is 0 Å². The number of benzene rings is 1. The maximum atomic E-state index is 11.6. The van der Waals surface area contributed by atoms with Gasteiger partial charge in [0.1, 0.15) is 11.4 Å². The molecular weight excluding hydrogens is 374 g/mol. The number of piperidine rings is 1. The van der Waals surface area contributed by atoms with Crippen LogP contribution in [0, 0.1) is 13.8 Å². The molecule has 1 aliphatic heterocycles. The fraction of sp³-hybridized carbons (Fsp3) is 0.417. The summed E-state index contributed by atoms with van der Waals surface area (Å²) in [6, 6.07) is 16.3. The normalized spacial score (nSPS) is 21.9. The fourth-order valence-corrected chi connectivity index (χ4v) is 4.49. The second-order valence-electron chi connectivity index (χ2n) is 8.58. The Kier molecular flexibility index (Phi) is 5.62. The molecule has 0 unspecified atom stereocenters. The van der Waals surface area contributed by atoms with Gasteiger partial charge in [0.2, 0.25) is 0 Å². The molecule has 2 aromatic heterocycles. The molecule has 0 bridgehead atoms. The van der Waals surface area contributed by atoms with Crippen molar-refractivity contribution >= 4 is 5.82 Å². The molecule has 1 aliphatic rings. The molecule has 3 aromatic rings. The maximum absolute atomic E-state index is 11.6. The molecule has 0 amide bonds. The zero-order chi connectivity index (χ0) is 21.3. The van der Waals surface area contributed by atoms with Gasteiger partial charge in [0.15, 0.2) is 0 Å². The number of hydrogen-bond acceptors (Lipinski definition) is 5. The molecule has 6 nitrogen and oxygen atoms in total. The number of rotatable bonds is 5. The summed E-state index contributed by atoms with van der Waals surface area (Å²) in [5, 5.41) is 16.1. The molecule has 1 saturated heterocycles. The van der Waals surface area contributed by atoms with Crippen LogP contribution in [-0.2, 0) is 12.1 Å². The third-order valence-electron chi connectivity index (χ3n) is 6.17. The summed E-state index contributed by atoms with van der Waals surface area (Å²) in [6.45, 7) is 6.30. The van der Waals surface area contributed by atoms with E-state index in [0.717, 1.165) is 48.0 Å². The van der Waals surface area contributed by atoms with Gasteiger partial charge in [0.25, 0.3) is 0 Å². The Morgan fingerprint density at radius 2 is 1.90 bits per heavy atom. The van der Waals surface area contributed by atoms with Crippen molar-refractivity contribution in [3.8, 4) is 0 Å². The van der Waals surface area contributed by atoms with Crippen LogP contribution in [0.4, 0.5) is 5.82 Å². The molecule has 1 fully saturated rings. The summed E-state index contributed by atoms with van der Waals surface area (Å²) < 4.78 is 2.01. The summed E-state index contributed by atoms with van der Waals surface area (Å²) in [4.78, 5) is 9.13. The molecule has 0 saturated carbocycles. The Hall–Kier alpha value is -2.70. The lowest BCUT2D eigenvalue weighted by Crippen LogP contribution is -2.59. The van der Waals surface area contributed by atoms with Crippen molar-refractivity contribution in [2.24, 2.45) is 0 Å². The molecule has 6 heteroatoms. The molecule has 4 rings (SSSR count). The SMILES string of the molecule is Cc1cc(C)n(Cc2ccc(N3CC[C@](O)(c4ccccc4)[C@H](N(C)C)C3)nc2)n1. The Morgan fingerprint density at radius 1 is 1.13 bits per heavy atom. The van der Waals surface area contributed by atoms with Gasteiger partial charge in [0, 0.05) is 25.0 Å². The summed E-state index contributed by atoms with van der Waals surface area (Å²) in [5.41, 5.74) is 3.44. The number of likely N-dealkylation sites (N-methyl/N-ethyl adjacent to an activating group) is 1. The summed E-state index contributed by atoms with van der Waals surface area (Å²) in [6.07, 6.45) is 2.60. The average molecular weight is 406 g/mol. The van der Waals surface area contributed by atoms with Gasteiger partial charge in [-0.3, -0.25) is 4.68 Å². The third-order valence-corrected chi connectivity index (χ3v) is 6.17. The minimum absolute atomic E-state index is 0.0233. The van der Waals surface area contributed by atoms with E-state index in [2.05, 4.69) is 40.0 Å². The van der Waals surface area contributed by atoms with Crippen molar-refractivity contribution in [3.63, 3.8) is 0 Å². The van der Waals surface area contributed by atoms with E-state index in [1.807, 2.05) is 62.2 Å². The van der Waals surface area contributed by atoms with Crippen LogP contribution >= 0.6 is 0 Å². The number of anilines is 1. The van der Waals surface area contributed by atoms with Gasteiger partial charge in [-0.2, -0.15) is 5.10 Å². The fourth-order valence-electron chi connectivity index (χ4n) is 4.49. The smallest absolute Gasteiger partial charge is 0.128 e. The number of aromatic nitrogens is 3. The van der Waals surface area contributed by atoms with Crippen molar-refractivity contribution < 1.29 is 5.11 Å². The zero-order valence-corrected chi connectivity index (χ0v) is 18.3. The Labute approximate surface area is 178 Å². The highest BCUT2D eigenvalue weighted by Gasteiger charge is 2.44. The van der Waals surface area contributed by atoms with Gasteiger partial charge in [-0.1, -0.05) is 36.4 Å². The molecule has 1 N–H and O–H groups in total. The quantitative estimate of drug-likeness (QED) is 0.707. The number of pyridine rings is 1. The standard InChI is InChI=1S/C24H31N5O/c1-18-14-19(2)29(26-18)16-20-10-11-23(25-15-20)28-13-12-24(30,22(17-28)27(3)4)21-8-6-5-7-9-21/h5-11,14-15,22,30H,12-13,16-17H2,1-4H3/t22-,24+/m1/s1. The van der Waals surface area contributed by atoms with Crippen LogP contribution in [0.3, 0.4) is 0 Å². The lowest BCUT2D eigenvalue weighted by atomic mass is 9.80. The van der Waals surface area contributed by atoms with Gasteiger partial charge >= 0.3 is 0 Å². The molecule has 2 atom stereocenters. The molecule has 0 radical (unpaired) electrons. The Morgan fingerprint density at radius 3 is 2.50 bits per heavy atom.